The van der Waals surface area contributed by atoms with E-state index in [1.807, 2.05) is 6.07 Å². The number of thiophene rings is 1. The lowest BCUT2D eigenvalue weighted by molar-refractivity contribution is 0.0938. The Kier molecular flexibility index (Phi) is 4.29. The standard InChI is InChI=1S/C15H13Br2NOS/c16-12-8-13(20-14(12)17)15(19)18-11-6-5-9-3-1-2-4-10(9)7-11/h1-4,8,11H,5-7H2,(H,18,19). The zero-order valence-corrected chi connectivity index (χ0v) is 14.6. The number of carbonyl (C=O) groups excluding carboxylic acids is 1. The summed E-state index contributed by atoms with van der Waals surface area (Å²) in [6, 6.07) is 10.6. The predicted molar refractivity (Wildman–Crippen MR) is 89.4 cm³/mol. The molecule has 0 saturated heterocycles. The molecule has 0 saturated carbocycles. The number of fused-ring (bicyclic) bond motifs is 1. The highest BCUT2D eigenvalue weighted by Crippen LogP contribution is 2.32. The van der Waals surface area contributed by atoms with E-state index in [1.54, 1.807) is 0 Å². The van der Waals surface area contributed by atoms with Crippen LogP contribution in [0.1, 0.15) is 27.2 Å². The molecule has 0 aliphatic heterocycles. The predicted octanol–water partition coefficient (Wildman–Crippen LogP) is 4.56. The van der Waals surface area contributed by atoms with Crippen LogP contribution in [-0.2, 0) is 12.8 Å². The minimum absolute atomic E-state index is 0.0192. The highest BCUT2D eigenvalue weighted by atomic mass is 79.9. The third-order valence-electron chi connectivity index (χ3n) is 3.55. The second-order valence-electron chi connectivity index (χ2n) is 4.91. The molecule has 1 aliphatic rings. The van der Waals surface area contributed by atoms with Crippen molar-refractivity contribution in [1.29, 1.82) is 0 Å². The van der Waals surface area contributed by atoms with E-state index in [-0.39, 0.29) is 11.9 Å². The van der Waals surface area contributed by atoms with Crippen LogP contribution >= 0.6 is 43.2 Å². The Morgan fingerprint density at radius 3 is 2.70 bits per heavy atom. The lowest BCUT2D eigenvalue weighted by Crippen LogP contribution is -2.38. The highest BCUT2D eigenvalue weighted by Gasteiger charge is 2.21. The van der Waals surface area contributed by atoms with Crippen LogP contribution in [0.25, 0.3) is 0 Å². The van der Waals surface area contributed by atoms with Crippen molar-refractivity contribution in [1.82, 2.24) is 5.32 Å². The van der Waals surface area contributed by atoms with Gasteiger partial charge in [-0.2, -0.15) is 0 Å². The van der Waals surface area contributed by atoms with Gasteiger partial charge in [0.2, 0.25) is 0 Å². The number of aryl methyl sites for hydroxylation is 1. The molecule has 0 fully saturated rings. The first kappa shape index (κ1) is 14.3. The van der Waals surface area contributed by atoms with Crippen molar-refractivity contribution in [2.45, 2.75) is 25.3 Å². The molecule has 1 aliphatic carbocycles. The average Bonchev–Trinajstić information content (AvgIpc) is 2.79. The molecule has 1 aromatic heterocycles. The fourth-order valence-corrected chi connectivity index (χ4v) is 4.47. The number of carbonyl (C=O) groups is 1. The van der Waals surface area contributed by atoms with Gasteiger partial charge >= 0.3 is 0 Å². The number of hydrogen-bond donors (Lipinski definition) is 1. The van der Waals surface area contributed by atoms with E-state index in [4.69, 9.17) is 0 Å². The topological polar surface area (TPSA) is 29.1 Å². The molecule has 2 aromatic rings. The molecule has 2 nitrogen and oxygen atoms in total. The van der Waals surface area contributed by atoms with Crippen LogP contribution in [-0.4, -0.2) is 11.9 Å². The van der Waals surface area contributed by atoms with Crippen molar-refractivity contribution in [3.63, 3.8) is 0 Å². The largest absolute Gasteiger partial charge is 0.348 e. The van der Waals surface area contributed by atoms with E-state index in [1.165, 1.54) is 22.5 Å². The Morgan fingerprint density at radius 2 is 2.00 bits per heavy atom. The van der Waals surface area contributed by atoms with Crippen molar-refractivity contribution >= 4 is 49.1 Å². The monoisotopic (exact) mass is 413 g/mol. The molecule has 1 aromatic carbocycles. The first-order valence-electron chi connectivity index (χ1n) is 6.46. The molecule has 104 valence electrons. The summed E-state index contributed by atoms with van der Waals surface area (Å²) >= 11 is 8.29. The number of amides is 1. The summed E-state index contributed by atoms with van der Waals surface area (Å²) in [4.78, 5) is 13.0. The van der Waals surface area contributed by atoms with Gasteiger partial charge in [0.25, 0.3) is 5.91 Å². The van der Waals surface area contributed by atoms with Gasteiger partial charge in [0.05, 0.1) is 8.66 Å². The summed E-state index contributed by atoms with van der Waals surface area (Å²) in [6.45, 7) is 0. The SMILES string of the molecule is O=C(NC1CCc2ccccc2C1)c1cc(Br)c(Br)s1. The summed E-state index contributed by atoms with van der Waals surface area (Å²) in [5, 5.41) is 3.15. The Bertz CT molecular complexity index is 634. The van der Waals surface area contributed by atoms with Crippen molar-refractivity contribution in [3.8, 4) is 0 Å². The number of rotatable bonds is 2. The molecule has 20 heavy (non-hydrogen) atoms. The summed E-state index contributed by atoms with van der Waals surface area (Å²) in [5.74, 6) is 0.0192. The van der Waals surface area contributed by atoms with Gasteiger partial charge in [-0.1, -0.05) is 24.3 Å². The highest BCUT2D eigenvalue weighted by molar-refractivity contribution is 9.13. The lowest BCUT2D eigenvalue weighted by atomic mass is 9.88. The third kappa shape index (κ3) is 3.00. The van der Waals surface area contributed by atoms with Crippen LogP contribution in [0.15, 0.2) is 38.6 Å². The quantitative estimate of drug-likeness (QED) is 0.766. The van der Waals surface area contributed by atoms with Crippen molar-refractivity contribution in [2.24, 2.45) is 0 Å². The molecule has 1 unspecified atom stereocenters. The van der Waals surface area contributed by atoms with Crippen molar-refractivity contribution in [3.05, 3.63) is 54.6 Å². The fraction of sp³-hybridized carbons (Fsp3) is 0.267. The van der Waals surface area contributed by atoms with Crippen LogP contribution < -0.4 is 5.32 Å². The van der Waals surface area contributed by atoms with Crippen LogP contribution in [0.5, 0.6) is 0 Å². The van der Waals surface area contributed by atoms with Crippen LogP contribution in [0.4, 0.5) is 0 Å². The van der Waals surface area contributed by atoms with E-state index >= 15 is 0 Å². The summed E-state index contributed by atoms with van der Waals surface area (Å²) in [6.07, 6.45) is 2.98. The Labute approximate surface area is 138 Å². The summed E-state index contributed by atoms with van der Waals surface area (Å²) in [7, 11) is 0. The van der Waals surface area contributed by atoms with Gasteiger partial charge in [-0.05, 0) is 68.3 Å². The van der Waals surface area contributed by atoms with Crippen LogP contribution in [0.2, 0.25) is 0 Å². The van der Waals surface area contributed by atoms with Gasteiger partial charge in [0.1, 0.15) is 0 Å². The molecular formula is C15H13Br2NOS. The van der Waals surface area contributed by atoms with Crippen molar-refractivity contribution in [2.75, 3.05) is 0 Å². The molecule has 1 atom stereocenters. The first-order chi connectivity index (χ1) is 9.63. The van der Waals surface area contributed by atoms with E-state index in [9.17, 15) is 4.79 Å². The molecule has 0 spiro atoms. The van der Waals surface area contributed by atoms with Gasteiger partial charge in [-0.15, -0.1) is 11.3 Å². The fourth-order valence-electron chi connectivity index (χ4n) is 2.54. The van der Waals surface area contributed by atoms with Gasteiger partial charge in [-0.3, -0.25) is 4.79 Å². The molecule has 0 bridgehead atoms. The maximum Gasteiger partial charge on any atom is 0.261 e. The van der Waals surface area contributed by atoms with E-state index < -0.39 is 0 Å². The molecular weight excluding hydrogens is 402 g/mol. The maximum absolute atomic E-state index is 12.2. The van der Waals surface area contributed by atoms with E-state index in [2.05, 4.69) is 61.4 Å². The summed E-state index contributed by atoms with van der Waals surface area (Å²) in [5.41, 5.74) is 2.78. The molecule has 1 amide bonds. The van der Waals surface area contributed by atoms with Gasteiger partial charge in [-0.25, -0.2) is 0 Å². The van der Waals surface area contributed by atoms with Gasteiger partial charge in [0.15, 0.2) is 0 Å². The van der Waals surface area contributed by atoms with Crippen molar-refractivity contribution < 1.29 is 4.79 Å². The molecule has 1 N–H and O–H groups in total. The zero-order chi connectivity index (χ0) is 14.1. The lowest BCUT2D eigenvalue weighted by Gasteiger charge is -2.25. The average molecular weight is 415 g/mol. The Morgan fingerprint density at radius 1 is 1.25 bits per heavy atom. The van der Waals surface area contributed by atoms with Crippen LogP contribution in [0, 0.1) is 0 Å². The zero-order valence-electron chi connectivity index (χ0n) is 10.7. The minimum atomic E-state index is 0.0192. The first-order valence-corrected chi connectivity index (χ1v) is 8.86. The third-order valence-corrected chi connectivity index (χ3v) is 6.81. The number of nitrogens with one attached hydrogen (secondary N) is 1. The molecule has 0 radical (unpaired) electrons. The smallest absolute Gasteiger partial charge is 0.261 e. The maximum atomic E-state index is 12.2. The Balaban J connectivity index is 1.69. The molecule has 1 heterocycles. The Hall–Kier alpha value is -0.650. The van der Waals surface area contributed by atoms with E-state index in [0.29, 0.717) is 0 Å². The van der Waals surface area contributed by atoms with Gasteiger partial charge in [0, 0.05) is 10.5 Å². The number of hydrogen-bond acceptors (Lipinski definition) is 2. The molecule has 3 rings (SSSR count). The summed E-state index contributed by atoms with van der Waals surface area (Å²) < 4.78 is 1.89. The van der Waals surface area contributed by atoms with Gasteiger partial charge < -0.3 is 5.32 Å². The number of halogens is 2. The minimum Gasteiger partial charge on any atom is -0.348 e. The second-order valence-corrected chi connectivity index (χ2v) is 8.14. The van der Waals surface area contributed by atoms with E-state index in [0.717, 1.165) is 32.4 Å². The number of benzene rings is 1. The normalized spacial score (nSPS) is 17.6. The second kappa shape index (κ2) is 6.00. The van der Waals surface area contributed by atoms with Crippen LogP contribution in [0.3, 0.4) is 0 Å². The molecule has 5 heteroatoms.